The molecule has 0 atom stereocenters. The summed E-state index contributed by atoms with van der Waals surface area (Å²) in [5, 5.41) is 8.32. The number of nitrogens with one attached hydrogen (secondary N) is 1. The van der Waals surface area contributed by atoms with Crippen molar-refractivity contribution in [1.82, 2.24) is 4.90 Å². The molecule has 20 heavy (non-hydrogen) atoms. The van der Waals surface area contributed by atoms with Crippen molar-refractivity contribution in [2.24, 2.45) is 0 Å². The minimum Gasteiger partial charge on any atom is -0.349 e. The van der Waals surface area contributed by atoms with E-state index < -0.39 is 0 Å². The summed E-state index contributed by atoms with van der Waals surface area (Å²) in [6.07, 6.45) is 1.96. The minimum absolute atomic E-state index is 0.259. The molecule has 1 aliphatic heterocycles. The maximum absolute atomic E-state index is 13.3. The van der Waals surface area contributed by atoms with Gasteiger partial charge in [-0.25, -0.2) is 4.39 Å². The third-order valence-corrected chi connectivity index (χ3v) is 4.43. The van der Waals surface area contributed by atoms with Crippen molar-refractivity contribution < 1.29 is 4.39 Å². The summed E-state index contributed by atoms with van der Waals surface area (Å²) < 4.78 is 13.3. The number of rotatable bonds is 1. The van der Waals surface area contributed by atoms with Gasteiger partial charge >= 0.3 is 0 Å². The van der Waals surface area contributed by atoms with Crippen molar-refractivity contribution >= 4 is 5.84 Å². The lowest BCUT2D eigenvalue weighted by molar-refractivity contribution is 0.323. The molecule has 100 valence electrons. The summed E-state index contributed by atoms with van der Waals surface area (Å²) in [5.41, 5.74) is 4.58. The predicted molar refractivity (Wildman–Crippen MR) is 76.4 cm³/mol. The van der Waals surface area contributed by atoms with Gasteiger partial charge in [0.25, 0.3) is 0 Å². The Morgan fingerprint density at radius 3 is 2.40 bits per heavy atom. The molecular formula is C17H15FN2. The van der Waals surface area contributed by atoms with Gasteiger partial charge in [0, 0.05) is 18.2 Å². The van der Waals surface area contributed by atoms with Gasteiger partial charge in [-0.15, -0.1) is 0 Å². The van der Waals surface area contributed by atoms with Crippen LogP contribution >= 0.6 is 0 Å². The largest absolute Gasteiger partial charge is 0.349 e. The summed E-state index contributed by atoms with van der Waals surface area (Å²) in [6, 6.07) is 13.6. The minimum atomic E-state index is -0.259. The second-order valence-electron chi connectivity index (χ2n) is 5.61. The SMILES string of the molecule is N=C1c2cc(F)ccc2CN1C1Cc2ccccc2C1. The first-order valence-electron chi connectivity index (χ1n) is 6.93. The molecule has 3 heteroatoms. The van der Waals surface area contributed by atoms with Crippen molar-refractivity contribution in [2.45, 2.75) is 25.4 Å². The molecule has 0 saturated carbocycles. The summed E-state index contributed by atoms with van der Waals surface area (Å²) in [6.45, 7) is 0.729. The van der Waals surface area contributed by atoms with Gasteiger partial charge in [-0.2, -0.15) is 0 Å². The highest BCUT2D eigenvalue weighted by Gasteiger charge is 2.33. The molecule has 0 aromatic heterocycles. The van der Waals surface area contributed by atoms with Gasteiger partial charge in [-0.3, -0.25) is 5.41 Å². The lowest BCUT2D eigenvalue weighted by atomic mass is 10.1. The Morgan fingerprint density at radius 1 is 1.00 bits per heavy atom. The van der Waals surface area contributed by atoms with Crippen LogP contribution in [0.5, 0.6) is 0 Å². The third kappa shape index (κ3) is 1.66. The van der Waals surface area contributed by atoms with Crippen molar-refractivity contribution in [3.05, 3.63) is 70.5 Å². The maximum Gasteiger partial charge on any atom is 0.129 e. The first-order valence-corrected chi connectivity index (χ1v) is 6.93. The number of halogens is 1. The zero-order valence-corrected chi connectivity index (χ0v) is 11.1. The molecule has 0 radical (unpaired) electrons. The Bertz CT molecular complexity index is 683. The van der Waals surface area contributed by atoms with Crippen LogP contribution in [-0.2, 0) is 19.4 Å². The van der Waals surface area contributed by atoms with Gasteiger partial charge in [0.05, 0.1) is 0 Å². The maximum atomic E-state index is 13.3. The highest BCUT2D eigenvalue weighted by atomic mass is 19.1. The van der Waals surface area contributed by atoms with Gasteiger partial charge in [-0.1, -0.05) is 30.3 Å². The Morgan fingerprint density at radius 2 is 1.70 bits per heavy atom. The van der Waals surface area contributed by atoms with E-state index in [-0.39, 0.29) is 5.82 Å². The van der Waals surface area contributed by atoms with E-state index >= 15 is 0 Å². The van der Waals surface area contributed by atoms with Crippen LogP contribution < -0.4 is 0 Å². The van der Waals surface area contributed by atoms with E-state index in [0.29, 0.717) is 11.9 Å². The average Bonchev–Trinajstić information content (AvgIpc) is 3.01. The van der Waals surface area contributed by atoms with Crippen LogP contribution in [0.15, 0.2) is 42.5 Å². The Balaban J connectivity index is 1.63. The zero-order valence-electron chi connectivity index (χ0n) is 11.1. The van der Waals surface area contributed by atoms with E-state index in [2.05, 4.69) is 29.2 Å². The fourth-order valence-electron chi connectivity index (χ4n) is 3.39. The van der Waals surface area contributed by atoms with E-state index in [9.17, 15) is 4.39 Å². The monoisotopic (exact) mass is 266 g/mol. The molecule has 2 aromatic carbocycles. The lowest BCUT2D eigenvalue weighted by Crippen LogP contribution is -2.36. The molecular weight excluding hydrogens is 251 g/mol. The molecule has 2 aromatic rings. The number of hydrogen-bond donors (Lipinski definition) is 1. The number of fused-ring (bicyclic) bond motifs is 2. The highest BCUT2D eigenvalue weighted by molar-refractivity contribution is 6.00. The third-order valence-electron chi connectivity index (χ3n) is 4.43. The summed E-state index contributed by atoms with van der Waals surface area (Å²) in [7, 11) is 0. The number of hydrogen-bond acceptors (Lipinski definition) is 1. The molecule has 1 aliphatic carbocycles. The highest BCUT2D eigenvalue weighted by Crippen LogP contribution is 2.31. The number of nitrogens with zero attached hydrogens (tertiary/aromatic N) is 1. The lowest BCUT2D eigenvalue weighted by Gasteiger charge is -2.25. The summed E-state index contributed by atoms with van der Waals surface area (Å²) in [5.74, 6) is 0.211. The van der Waals surface area contributed by atoms with Crippen molar-refractivity contribution in [1.29, 1.82) is 5.41 Å². The van der Waals surface area contributed by atoms with E-state index in [4.69, 9.17) is 5.41 Å². The molecule has 0 fully saturated rings. The number of amidine groups is 1. The van der Waals surface area contributed by atoms with Gasteiger partial charge in [0.1, 0.15) is 11.7 Å². The van der Waals surface area contributed by atoms with Gasteiger partial charge in [-0.05, 0) is 41.7 Å². The first-order chi connectivity index (χ1) is 9.72. The predicted octanol–water partition coefficient (Wildman–Crippen LogP) is 3.13. The van der Waals surface area contributed by atoms with Crippen molar-refractivity contribution in [2.75, 3.05) is 0 Å². The van der Waals surface area contributed by atoms with Crippen LogP contribution in [0.4, 0.5) is 4.39 Å². The Kier molecular flexibility index (Phi) is 2.43. The Hall–Kier alpha value is -2.16. The molecule has 0 amide bonds. The van der Waals surface area contributed by atoms with E-state index in [0.717, 1.165) is 30.5 Å². The summed E-state index contributed by atoms with van der Waals surface area (Å²) >= 11 is 0. The smallest absolute Gasteiger partial charge is 0.129 e. The zero-order chi connectivity index (χ0) is 13.7. The van der Waals surface area contributed by atoms with Crippen molar-refractivity contribution in [3.63, 3.8) is 0 Å². The van der Waals surface area contributed by atoms with E-state index in [1.807, 2.05) is 0 Å². The second kappa shape index (κ2) is 4.17. The second-order valence-corrected chi connectivity index (χ2v) is 5.61. The summed E-state index contributed by atoms with van der Waals surface area (Å²) in [4.78, 5) is 2.12. The van der Waals surface area contributed by atoms with Crippen LogP contribution in [0.25, 0.3) is 0 Å². The van der Waals surface area contributed by atoms with E-state index in [1.165, 1.54) is 23.3 Å². The van der Waals surface area contributed by atoms with Crippen LogP contribution in [-0.4, -0.2) is 16.8 Å². The average molecular weight is 266 g/mol. The fraction of sp³-hybridized carbons (Fsp3) is 0.235. The molecule has 2 aliphatic rings. The molecule has 2 nitrogen and oxygen atoms in total. The normalized spacial score (nSPS) is 17.4. The first kappa shape index (κ1) is 11.6. The van der Waals surface area contributed by atoms with Crippen LogP contribution in [0.3, 0.4) is 0 Å². The van der Waals surface area contributed by atoms with Gasteiger partial charge in [0.2, 0.25) is 0 Å². The quantitative estimate of drug-likeness (QED) is 0.843. The van der Waals surface area contributed by atoms with Crippen molar-refractivity contribution in [3.8, 4) is 0 Å². The van der Waals surface area contributed by atoms with Crippen LogP contribution in [0.1, 0.15) is 22.3 Å². The molecule has 4 rings (SSSR count). The Labute approximate surface area is 117 Å². The van der Waals surface area contributed by atoms with Gasteiger partial charge < -0.3 is 4.90 Å². The molecule has 0 saturated heterocycles. The molecule has 1 N–H and O–H groups in total. The number of benzene rings is 2. The van der Waals surface area contributed by atoms with Gasteiger partial charge in [0.15, 0.2) is 0 Å². The molecule has 0 bridgehead atoms. The topological polar surface area (TPSA) is 27.1 Å². The standard InChI is InChI=1S/C17H15FN2/c18-14-6-5-13-10-20(17(19)16(13)9-14)15-7-11-3-1-2-4-12(11)8-15/h1-6,9,15,19H,7-8,10H2. The van der Waals surface area contributed by atoms with E-state index in [1.54, 1.807) is 6.07 Å². The molecule has 1 heterocycles. The van der Waals surface area contributed by atoms with Crippen LogP contribution in [0.2, 0.25) is 0 Å². The fourth-order valence-corrected chi connectivity index (χ4v) is 3.39. The molecule has 0 spiro atoms. The molecule has 0 unspecified atom stereocenters. The van der Waals surface area contributed by atoms with Crippen LogP contribution in [0, 0.1) is 11.2 Å².